The molecule has 5 nitrogen and oxygen atoms in total. The molecule has 2 heterocycles. The van der Waals surface area contributed by atoms with Crippen LogP contribution in [0, 0.1) is 0 Å². The van der Waals surface area contributed by atoms with E-state index < -0.39 is 10.8 Å². The van der Waals surface area contributed by atoms with Gasteiger partial charge in [0.1, 0.15) is 5.82 Å². The van der Waals surface area contributed by atoms with Crippen LogP contribution in [-0.4, -0.2) is 40.5 Å². The molecule has 28 heavy (non-hydrogen) atoms. The summed E-state index contributed by atoms with van der Waals surface area (Å²) in [6.45, 7) is 2.92. The van der Waals surface area contributed by atoms with Gasteiger partial charge in [-0.25, -0.2) is 9.97 Å². The van der Waals surface area contributed by atoms with E-state index in [1.165, 1.54) is 0 Å². The minimum absolute atomic E-state index is 0.321. The topological polar surface area (TPSA) is 55.3 Å². The molecule has 2 aromatic carbocycles. The van der Waals surface area contributed by atoms with Gasteiger partial charge in [-0.15, -0.1) is 0 Å². The summed E-state index contributed by atoms with van der Waals surface area (Å²) in [5.74, 6) is 1.81. The Hall–Kier alpha value is -2.28. The number of hydrogen-bond acceptors (Lipinski definition) is 5. The molecule has 1 aliphatic heterocycles. The van der Waals surface area contributed by atoms with E-state index in [9.17, 15) is 4.21 Å². The summed E-state index contributed by atoms with van der Waals surface area (Å²) in [5.41, 5.74) is 1.69. The smallest absolute Gasteiger partial charge is 0.161 e. The summed E-state index contributed by atoms with van der Waals surface area (Å²) in [7, 11) is -1.21. The Balaban J connectivity index is 1.67. The summed E-state index contributed by atoms with van der Waals surface area (Å²) in [5, 5.41) is 0.628. The van der Waals surface area contributed by atoms with E-state index in [-0.39, 0.29) is 0 Å². The molecular weight excluding hydrogens is 394 g/mol. The van der Waals surface area contributed by atoms with Crippen LogP contribution in [0.1, 0.15) is 5.69 Å². The van der Waals surface area contributed by atoms with Crippen molar-refractivity contribution in [1.82, 2.24) is 9.97 Å². The number of benzene rings is 2. The molecule has 0 spiro atoms. The normalized spacial score (nSPS) is 15.4. The van der Waals surface area contributed by atoms with Crippen LogP contribution in [0.25, 0.3) is 11.4 Å². The largest absolute Gasteiger partial charge is 0.378 e. The highest BCUT2D eigenvalue weighted by Gasteiger charge is 2.17. The number of rotatable bonds is 5. The van der Waals surface area contributed by atoms with Crippen LogP contribution in [0.3, 0.4) is 0 Å². The molecule has 0 saturated carbocycles. The van der Waals surface area contributed by atoms with Gasteiger partial charge in [-0.05, 0) is 24.3 Å². The first kappa shape index (κ1) is 19.1. The Labute approximate surface area is 171 Å². The predicted molar refractivity (Wildman–Crippen MR) is 112 cm³/mol. The molecule has 144 valence electrons. The van der Waals surface area contributed by atoms with E-state index >= 15 is 0 Å². The van der Waals surface area contributed by atoms with Crippen LogP contribution in [0.4, 0.5) is 5.82 Å². The second kappa shape index (κ2) is 8.82. The van der Waals surface area contributed by atoms with Gasteiger partial charge in [0, 0.05) is 34.6 Å². The van der Waals surface area contributed by atoms with Gasteiger partial charge in [0.05, 0.1) is 35.5 Å². The third-order valence-corrected chi connectivity index (χ3v) is 6.10. The van der Waals surface area contributed by atoms with Gasteiger partial charge in [0.2, 0.25) is 0 Å². The van der Waals surface area contributed by atoms with Crippen molar-refractivity contribution in [2.45, 2.75) is 10.6 Å². The zero-order valence-electron chi connectivity index (χ0n) is 15.3. The van der Waals surface area contributed by atoms with Crippen molar-refractivity contribution in [3.63, 3.8) is 0 Å². The Morgan fingerprint density at radius 1 is 1.00 bits per heavy atom. The summed E-state index contributed by atoms with van der Waals surface area (Å²) in [6, 6.07) is 18.9. The first-order chi connectivity index (χ1) is 13.7. The van der Waals surface area contributed by atoms with Gasteiger partial charge in [-0.3, -0.25) is 4.21 Å². The van der Waals surface area contributed by atoms with Crippen molar-refractivity contribution in [2.24, 2.45) is 0 Å². The molecule has 1 atom stereocenters. The molecule has 3 aromatic rings. The predicted octanol–water partition coefficient (Wildman–Crippen LogP) is 3.94. The zero-order valence-corrected chi connectivity index (χ0v) is 16.8. The Morgan fingerprint density at radius 2 is 1.71 bits per heavy atom. The molecule has 1 unspecified atom stereocenters. The van der Waals surface area contributed by atoms with Gasteiger partial charge in [-0.1, -0.05) is 41.9 Å². The first-order valence-corrected chi connectivity index (χ1v) is 10.8. The van der Waals surface area contributed by atoms with E-state index in [1.54, 1.807) is 24.3 Å². The van der Waals surface area contributed by atoms with Gasteiger partial charge in [0.15, 0.2) is 5.82 Å². The van der Waals surface area contributed by atoms with Crippen molar-refractivity contribution < 1.29 is 8.95 Å². The number of nitrogens with zero attached hydrogens (tertiary/aromatic N) is 3. The molecule has 0 aliphatic carbocycles. The number of anilines is 1. The highest BCUT2D eigenvalue weighted by Crippen LogP contribution is 2.23. The molecule has 0 radical (unpaired) electrons. The molecule has 1 aromatic heterocycles. The Morgan fingerprint density at radius 3 is 2.43 bits per heavy atom. The van der Waals surface area contributed by atoms with Gasteiger partial charge >= 0.3 is 0 Å². The van der Waals surface area contributed by atoms with Gasteiger partial charge in [-0.2, -0.15) is 0 Å². The molecule has 1 aliphatic rings. The lowest BCUT2D eigenvalue weighted by Gasteiger charge is -2.28. The molecule has 0 bridgehead atoms. The van der Waals surface area contributed by atoms with Crippen molar-refractivity contribution in [1.29, 1.82) is 0 Å². The summed E-state index contributed by atoms with van der Waals surface area (Å²) < 4.78 is 18.3. The summed E-state index contributed by atoms with van der Waals surface area (Å²) in [6.07, 6.45) is 0. The maximum Gasteiger partial charge on any atom is 0.161 e. The minimum atomic E-state index is -1.21. The van der Waals surface area contributed by atoms with Crippen molar-refractivity contribution >= 4 is 28.2 Å². The Kier molecular flexibility index (Phi) is 6.00. The first-order valence-electron chi connectivity index (χ1n) is 9.09. The second-order valence-electron chi connectivity index (χ2n) is 6.45. The highest BCUT2D eigenvalue weighted by molar-refractivity contribution is 7.84. The number of ether oxygens (including phenoxy) is 1. The van der Waals surface area contributed by atoms with Crippen LogP contribution in [0.5, 0.6) is 0 Å². The zero-order chi connectivity index (χ0) is 19.3. The lowest BCUT2D eigenvalue weighted by Crippen LogP contribution is -2.37. The fraction of sp³-hybridized carbons (Fsp3) is 0.238. The van der Waals surface area contributed by atoms with Crippen LogP contribution in [0.2, 0.25) is 5.02 Å². The van der Waals surface area contributed by atoms with Crippen LogP contribution >= 0.6 is 11.6 Å². The molecule has 1 saturated heterocycles. The fourth-order valence-corrected chi connectivity index (χ4v) is 4.18. The van der Waals surface area contributed by atoms with Crippen LogP contribution in [-0.2, 0) is 21.3 Å². The van der Waals surface area contributed by atoms with E-state index in [0.717, 1.165) is 35.1 Å². The average molecular weight is 414 g/mol. The summed E-state index contributed by atoms with van der Waals surface area (Å²) in [4.78, 5) is 12.4. The number of morpholine rings is 1. The third-order valence-electron chi connectivity index (χ3n) is 4.49. The molecule has 7 heteroatoms. The molecule has 4 rings (SSSR count). The second-order valence-corrected chi connectivity index (χ2v) is 8.34. The van der Waals surface area contributed by atoms with E-state index in [0.29, 0.717) is 29.8 Å². The lowest BCUT2D eigenvalue weighted by atomic mass is 10.2. The fourth-order valence-electron chi connectivity index (χ4n) is 3.03. The maximum atomic E-state index is 12.8. The summed E-state index contributed by atoms with van der Waals surface area (Å²) >= 11 is 5.94. The molecule has 0 amide bonds. The lowest BCUT2D eigenvalue weighted by molar-refractivity contribution is 0.122. The standard InChI is InChI=1S/C21H20ClN3O2S/c22-17-6-8-19(9-7-17)28(26)15-18-14-20(25-10-12-27-13-11-25)24-21(23-18)16-4-2-1-3-5-16/h1-9,14H,10-13,15H2. The highest BCUT2D eigenvalue weighted by atomic mass is 35.5. The average Bonchev–Trinajstić information content (AvgIpc) is 2.75. The van der Waals surface area contributed by atoms with E-state index in [4.69, 9.17) is 26.3 Å². The van der Waals surface area contributed by atoms with Crippen molar-refractivity contribution in [2.75, 3.05) is 31.2 Å². The Bertz CT molecular complexity index is 961. The van der Waals surface area contributed by atoms with Crippen LogP contribution < -0.4 is 4.90 Å². The molecular formula is C21H20ClN3O2S. The monoisotopic (exact) mass is 413 g/mol. The van der Waals surface area contributed by atoms with E-state index in [1.807, 2.05) is 36.4 Å². The van der Waals surface area contributed by atoms with Crippen molar-refractivity contribution in [3.8, 4) is 11.4 Å². The van der Waals surface area contributed by atoms with Crippen molar-refractivity contribution in [3.05, 3.63) is 71.4 Å². The molecule has 1 fully saturated rings. The quantitative estimate of drug-likeness (QED) is 0.634. The number of halogens is 1. The van der Waals surface area contributed by atoms with E-state index in [2.05, 4.69) is 4.90 Å². The SMILES string of the molecule is O=S(Cc1cc(N2CCOCC2)nc(-c2ccccc2)n1)c1ccc(Cl)cc1. The van der Waals surface area contributed by atoms with Gasteiger partial charge in [0.25, 0.3) is 0 Å². The molecule has 0 N–H and O–H groups in total. The van der Waals surface area contributed by atoms with Gasteiger partial charge < -0.3 is 9.64 Å². The maximum absolute atomic E-state index is 12.8. The number of aromatic nitrogens is 2. The number of hydrogen-bond donors (Lipinski definition) is 0. The van der Waals surface area contributed by atoms with Crippen LogP contribution in [0.15, 0.2) is 65.6 Å². The minimum Gasteiger partial charge on any atom is -0.378 e. The third kappa shape index (κ3) is 4.58.